The van der Waals surface area contributed by atoms with Gasteiger partial charge in [-0.2, -0.15) is 0 Å². The van der Waals surface area contributed by atoms with Crippen LogP contribution in [0.3, 0.4) is 0 Å². The average molecular weight is 164 g/mol. The Morgan fingerprint density at radius 3 is 2.36 bits per heavy atom. The van der Waals surface area contributed by atoms with Crippen molar-refractivity contribution in [2.75, 3.05) is 6.61 Å². The van der Waals surface area contributed by atoms with Crippen molar-refractivity contribution in [3.05, 3.63) is 0 Å². The third kappa shape index (κ3) is 1.52. The summed E-state index contributed by atoms with van der Waals surface area (Å²) in [6, 6.07) is 0. The third-order valence-electron chi connectivity index (χ3n) is 1.81. The van der Waals surface area contributed by atoms with Crippen molar-refractivity contribution in [2.24, 2.45) is 0 Å². The molecule has 0 radical (unpaired) electrons. The molecule has 1 aliphatic rings. The third-order valence-corrected chi connectivity index (χ3v) is 1.81. The van der Waals surface area contributed by atoms with Crippen molar-refractivity contribution in [1.82, 2.24) is 0 Å². The van der Waals surface area contributed by atoms with E-state index in [1.54, 1.807) is 0 Å². The van der Waals surface area contributed by atoms with Crippen molar-refractivity contribution < 1.29 is 25.2 Å². The minimum absolute atomic E-state index is 0.175. The maximum absolute atomic E-state index is 9.19. The zero-order chi connectivity index (χ0) is 8.65. The van der Waals surface area contributed by atoms with E-state index in [-0.39, 0.29) is 6.61 Å². The zero-order valence-corrected chi connectivity index (χ0v) is 6.14. The smallest absolute Gasteiger partial charge is 0.191 e. The van der Waals surface area contributed by atoms with Crippen LogP contribution in [0, 0.1) is 0 Å². The van der Waals surface area contributed by atoms with Gasteiger partial charge < -0.3 is 25.2 Å². The average Bonchev–Trinajstić information content (AvgIpc) is 1.95. The predicted molar refractivity (Wildman–Crippen MR) is 34.6 cm³/mol. The first-order valence-corrected chi connectivity index (χ1v) is 3.35. The molecule has 5 heteroatoms. The highest BCUT2D eigenvalue weighted by Gasteiger charge is 2.44. The van der Waals surface area contributed by atoms with E-state index < -0.39 is 24.1 Å². The summed E-state index contributed by atoms with van der Waals surface area (Å²) < 4.78 is 4.66. The summed E-state index contributed by atoms with van der Waals surface area (Å²) in [7, 11) is 0. The van der Waals surface area contributed by atoms with Crippen LogP contribution in [0.1, 0.15) is 6.92 Å². The van der Waals surface area contributed by atoms with E-state index in [1.165, 1.54) is 6.92 Å². The maximum Gasteiger partial charge on any atom is 0.191 e. The minimum atomic E-state index is -1.77. The second-order valence-electron chi connectivity index (χ2n) is 2.87. The highest BCUT2D eigenvalue weighted by Crippen LogP contribution is 2.22. The SMILES string of the molecule is C[C@@]1(O)OC[C@@H](O)[C@@H](O)[C@@H]1O. The number of hydrogen-bond acceptors (Lipinski definition) is 5. The van der Waals surface area contributed by atoms with E-state index in [9.17, 15) is 5.11 Å². The van der Waals surface area contributed by atoms with Crippen molar-refractivity contribution in [2.45, 2.75) is 31.0 Å². The minimum Gasteiger partial charge on any atom is -0.388 e. The molecule has 4 atom stereocenters. The van der Waals surface area contributed by atoms with Gasteiger partial charge in [0.25, 0.3) is 0 Å². The Kier molecular flexibility index (Phi) is 2.17. The Morgan fingerprint density at radius 1 is 1.36 bits per heavy atom. The Hall–Kier alpha value is -0.200. The molecule has 1 fully saturated rings. The van der Waals surface area contributed by atoms with E-state index in [1.807, 2.05) is 0 Å². The molecule has 0 spiro atoms. The summed E-state index contributed by atoms with van der Waals surface area (Å²) in [5.41, 5.74) is 0. The van der Waals surface area contributed by atoms with Gasteiger partial charge in [0.05, 0.1) is 6.61 Å². The van der Waals surface area contributed by atoms with Gasteiger partial charge in [0.15, 0.2) is 5.79 Å². The number of rotatable bonds is 0. The van der Waals surface area contributed by atoms with E-state index >= 15 is 0 Å². The second kappa shape index (κ2) is 2.69. The molecule has 0 aromatic rings. The van der Waals surface area contributed by atoms with Gasteiger partial charge in [0, 0.05) is 0 Å². The van der Waals surface area contributed by atoms with Gasteiger partial charge in [0.2, 0.25) is 0 Å². The van der Waals surface area contributed by atoms with Gasteiger partial charge in [-0.05, 0) is 6.92 Å². The van der Waals surface area contributed by atoms with Gasteiger partial charge in [-0.3, -0.25) is 0 Å². The molecule has 5 nitrogen and oxygen atoms in total. The highest BCUT2D eigenvalue weighted by molar-refractivity contribution is 4.88. The van der Waals surface area contributed by atoms with Crippen LogP contribution in [0.25, 0.3) is 0 Å². The molecule has 0 aliphatic carbocycles. The second-order valence-corrected chi connectivity index (χ2v) is 2.87. The lowest BCUT2D eigenvalue weighted by atomic mass is 9.98. The van der Waals surface area contributed by atoms with Crippen LogP contribution < -0.4 is 0 Å². The van der Waals surface area contributed by atoms with E-state index in [0.29, 0.717) is 0 Å². The van der Waals surface area contributed by atoms with Gasteiger partial charge in [-0.1, -0.05) is 0 Å². The van der Waals surface area contributed by atoms with Crippen LogP contribution in [0.5, 0.6) is 0 Å². The molecule has 1 rings (SSSR count). The molecule has 0 aromatic heterocycles. The molecule has 11 heavy (non-hydrogen) atoms. The first-order valence-electron chi connectivity index (χ1n) is 3.35. The standard InChI is InChI=1S/C6H12O5/c1-6(10)5(9)4(8)3(7)2-11-6/h3-5,7-10H,2H2,1H3/t3-,4-,5+,6-/m1/s1. The quantitative estimate of drug-likeness (QED) is 0.326. The summed E-state index contributed by atoms with van der Waals surface area (Å²) in [5.74, 6) is -1.77. The maximum atomic E-state index is 9.19. The monoisotopic (exact) mass is 164 g/mol. The lowest BCUT2D eigenvalue weighted by Crippen LogP contribution is -2.59. The fraction of sp³-hybridized carbons (Fsp3) is 1.00. The van der Waals surface area contributed by atoms with Gasteiger partial charge in [-0.15, -0.1) is 0 Å². The van der Waals surface area contributed by atoms with Crippen molar-refractivity contribution in [3.8, 4) is 0 Å². The number of aliphatic hydroxyl groups is 4. The van der Waals surface area contributed by atoms with Gasteiger partial charge in [-0.25, -0.2) is 0 Å². The van der Waals surface area contributed by atoms with Crippen LogP contribution in [0.4, 0.5) is 0 Å². The Balaban J connectivity index is 2.67. The molecule has 0 amide bonds. The zero-order valence-electron chi connectivity index (χ0n) is 6.14. The molecule has 0 bridgehead atoms. The Bertz CT molecular complexity index is 146. The Morgan fingerprint density at radius 2 is 1.91 bits per heavy atom. The van der Waals surface area contributed by atoms with Crippen molar-refractivity contribution in [1.29, 1.82) is 0 Å². The van der Waals surface area contributed by atoms with E-state index in [0.717, 1.165) is 0 Å². The number of aliphatic hydroxyl groups excluding tert-OH is 3. The van der Waals surface area contributed by atoms with E-state index in [4.69, 9.17) is 15.3 Å². The molecular weight excluding hydrogens is 152 g/mol. The van der Waals surface area contributed by atoms with Gasteiger partial charge in [0.1, 0.15) is 18.3 Å². The number of hydrogen-bond donors (Lipinski definition) is 4. The van der Waals surface area contributed by atoms with E-state index in [2.05, 4.69) is 4.74 Å². The largest absolute Gasteiger partial charge is 0.388 e. The van der Waals surface area contributed by atoms with Crippen molar-refractivity contribution in [3.63, 3.8) is 0 Å². The molecule has 0 saturated carbocycles. The lowest BCUT2D eigenvalue weighted by molar-refractivity contribution is -0.312. The van der Waals surface area contributed by atoms with Crippen LogP contribution in [-0.2, 0) is 4.74 Å². The van der Waals surface area contributed by atoms with Crippen LogP contribution in [0.15, 0.2) is 0 Å². The highest BCUT2D eigenvalue weighted by atomic mass is 16.6. The molecule has 0 aromatic carbocycles. The van der Waals surface area contributed by atoms with Crippen LogP contribution in [0.2, 0.25) is 0 Å². The summed E-state index contributed by atoms with van der Waals surface area (Å²) in [4.78, 5) is 0. The molecule has 1 heterocycles. The van der Waals surface area contributed by atoms with Gasteiger partial charge >= 0.3 is 0 Å². The summed E-state index contributed by atoms with van der Waals surface area (Å²) >= 11 is 0. The normalized spacial score (nSPS) is 52.6. The predicted octanol–water partition coefficient (Wildman–Crippen LogP) is -2.19. The first kappa shape index (κ1) is 8.89. The first-order chi connectivity index (χ1) is 4.95. The molecule has 1 saturated heterocycles. The summed E-state index contributed by atoms with van der Waals surface area (Å²) in [6.45, 7) is 1.05. The summed E-state index contributed by atoms with van der Waals surface area (Å²) in [6.07, 6.45) is -3.95. The molecule has 66 valence electrons. The Labute approximate surface area is 63.8 Å². The van der Waals surface area contributed by atoms with Crippen LogP contribution in [-0.4, -0.2) is 51.1 Å². The molecule has 4 N–H and O–H groups in total. The summed E-state index contributed by atoms with van der Waals surface area (Å²) in [5, 5.41) is 36.3. The number of ether oxygens (including phenoxy) is 1. The van der Waals surface area contributed by atoms with Crippen LogP contribution >= 0.6 is 0 Å². The fourth-order valence-electron chi connectivity index (χ4n) is 0.965. The lowest BCUT2D eigenvalue weighted by Gasteiger charge is -2.39. The molecule has 0 unspecified atom stereocenters. The van der Waals surface area contributed by atoms with Crippen molar-refractivity contribution >= 4 is 0 Å². The topological polar surface area (TPSA) is 90.2 Å². The molecule has 1 aliphatic heterocycles. The fourth-order valence-corrected chi connectivity index (χ4v) is 0.965. The molecular formula is C6H12O5.